The number of likely N-dealkylation sites (tertiary alicyclic amines) is 1. The number of piperazine rings is 1. The molecule has 9 heteroatoms. The lowest BCUT2D eigenvalue weighted by molar-refractivity contribution is -0.138. The maximum atomic E-state index is 12.9. The van der Waals surface area contributed by atoms with Crippen molar-refractivity contribution in [1.82, 2.24) is 19.4 Å². The van der Waals surface area contributed by atoms with Crippen molar-refractivity contribution < 1.29 is 13.8 Å². The molecule has 1 atom stereocenters. The average Bonchev–Trinajstić information content (AvgIpc) is 2.78. The highest BCUT2D eigenvalue weighted by molar-refractivity contribution is 7.44. The summed E-state index contributed by atoms with van der Waals surface area (Å²) in [6.45, 7) is 19.3. The number of nitrogens with zero attached hydrogens (tertiary/aromatic N) is 5. The molecule has 0 saturated carbocycles. The molecule has 1 unspecified atom stereocenters. The van der Waals surface area contributed by atoms with Crippen molar-refractivity contribution in [3.8, 4) is 6.07 Å². The van der Waals surface area contributed by atoms with Crippen molar-refractivity contribution in [3.05, 3.63) is 0 Å². The van der Waals surface area contributed by atoms with Gasteiger partial charge in [0.05, 0.1) is 25.7 Å². The van der Waals surface area contributed by atoms with E-state index in [2.05, 4.69) is 60.1 Å². The molecule has 0 aromatic heterocycles. The van der Waals surface area contributed by atoms with E-state index in [0.717, 1.165) is 65.2 Å². The fraction of sp³-hybridized carbons (Fsp3) is 0.913. The molecule has 0 bridgehead atoms. The first-order chi connectivity index (χ1) is 15.4. The second-order valence-corrected chi connectivity index (χ2v) is 10.7. The second kappa shape index (κ2) is 14.5. The van der Waals surface area contributed by atoms with Gasteiger partial charge in [-0.15, -0.1) is 0 Å². The van der Waals surface area contributed by atoms with Gasteiger partial charge in [0.1, 0.15) is 0 Å². The summed E-state index contributed by atoms with van der Waals surface area (Å²) in [5.41, 5.74) is 0. The zero-order valence-electron chi connectivity index (χ0n) is 20.8. The molecular weight excluding hydrogens is 425 g/mol. The lowest BCUT2D eigenvalue weighted by Gasteiger charge is -2.38. The van der Waals surface area contributed by atoms with Crippen molar-refractivity contribution in [2.24, 2.45) is 5.92 Å². The summed E-state index contributed by atoms with van der Waals surface area (Å²) in [5, 5.41) is 8.84. The van der Waals surface area contributed by atoms with Crippen LogP contribution < -0.4 is 0 Å². The molecule has 2 saturated heterocycles. The van der Waals surface area contributed by atoms with Gasteiger partial charge in [0.2, 0.25) is 5.91 Å². The van der Waals surface area contributed by atoms with E-state index in [4.69, 9.17) is 14.3 Å². The second-order valence-electron chi connectivity index (χ2n) is 9.26. The smallest absolute Gasteiger partial charge is 0.259 e. The summed E-state index contributed by atoms with van der Waals surface area (Å²) in [6.07, 6.45) is 2.25. The molecule has 2 aliphatic rings. The molecular formula is C23H44N5O3P. The third-order valence-corrected chi connectivity index (χ3v) is 8.45. The highest BCUT2D eigenvalue weighted by Crippen LogP contribution is 2.45. The van der Waals surface area contributed by atoms with Gasteiger partial charge in [-0.3, -0.25) is 4.79 Å². The largest absolute Gasteiger partial charge is 0.340 e. The number of carbonyl (C=O) groups excluding carboxylic acids is 1. The third kappa shape index (κ3) is 8.52. The Labute approximate surface area is 196 Å². The number of hydrogen-bond donors (Lipinski definition) is 0. The maximum absolute atomic E-state index is 12.9. The minimum atomic E-state index is -1.18. The van der Waals surface area contributed by atoms with Crippen LogP contribution in [0.5, 0.6) is 0 Å². The van der Waals surface area contributed by atoms with Crippen LogP contribution in [0.1, 0.15) is 53.9 Å². The lowest BCUT2D eigenvalue weighted by atomic mass is 9.95. The van der Waals surface area contributed by atoms with E-state index < -0.39 is 8.53 Å². The highest BCUT2D eigenvalue weighted by Gasteiger charge is 2.31. The molecule has 8 nitrogen and oxygen atoms in total. The Hall–Kier alpha value is -0.810. The SMILES string of the molecule is CCN1CCN(C(=O)C2CCN(CCOP(OCCC#N)N(C(C)C)C(C)C)CC2)CC1. The van der Waals surface area contributed by atoms with E-state index in [1.54, 1.807) is 0 Å². The van der Waals surface area contributed by atoms with Crippen LogP contribution in [-0.2, 0) is 13.8 Å². The topological polar surface area (TPSA) is 72.3 Å². The molecule has 0 radical (unpaired) electrons. The molecule has 2 aliphatic heterocycles. The van der Waals surface area contributed by atoms with Crippen LogP contribution in [0.4, 0.5) is 0 Å². The first-order valence-corrected chi connectivity index (χ1v) is 13.4. The summed E-state index contributed by atoms with van der Waals surface area (Å²) in [7, 11) is -1.18. The molecule has 184 valence electrons. The Morgan fingerprint density at radius 2 is 1.59 bits per heavy atom. The molecule has 2 heterocycles. The van der Waals surface area contributed by atoms with Crippen molar-refractivity contribution in [3.63, 3.8) is 0 Å². The van der Waals surface area contributed by atoms with E-state index >= 15 is 0 Å². The highest BCUT2D eigenvalue weighted by atomic mass is 31.2. The van der Waals surface area contributed by atoms with Gasteiger partial charge < -0.3 is 23.7 Å². The van der Waals surface area contributed by atoms with Crippen LogP contribution in [0.3, 0.4) is 0 Å². The standard InChI is InChI=1S/C23H44N5O3P/c1-6-25-13-15-27(16-14-25)23(29)22-8-11-26(12-9-22)17-19-31-32(30-18-7-10-24)28(20(2)3)21(4)5/h20-22H,6-9,11-19H2,1-5H3. The van der Waals surface area contributed by atoms with Gasteiger partial charge in [-0.25, -0.2) is 4.67 Å². The lowest BCUT2D eigenvalue weighted by Crippen LogP contribution is -2.51. The van der Waals surface area contributed by atoms with Crippen LogP contribution in [0, 0.1) is 17.2 Å². The molecule has 1 amide bonds. The summed E-state index contributed by atoms with van der Waals surface area (Å²) in [4.78, 5) is 19.8. The minimum Gasteiger partial charge on any atom is -0.340 e. The number of amides is 1. The number of piperidine rings is 1. The molecule has 2 rings (SSSR count). The minimum absolute atomic E-state index is 0.171. The first kappa shape index (κ1) is 27.4. The van der Waals surface area contributed by atoms with Crippen LogP contribution >= 0.6 is 8.53 Å². The van der Waals surface area contributed by atoms with Gasteiger partial charge in [0, 0.05) is 50.7 Å². The Bertz CT molecular complexity index is 577. The van der Waals surface area contributed by atoms with E-state index in [0.29, 0.717) is 37.6 Å². The number of rotatable bonds is 12. The zero-order valence-corrected chi connectivity index (χ0v) is 21.7. The summed E-state index contributed by atoms with van der Waals surface area (Å²) >= 11 is 0. The number of carbonyl (C=O) groups is 1. The van der Waals surface area contributed by atoms with Crippen molar-refractivity contribution in [2.45, 2.75) is 66.0 Å². The van der Waals surface area contributed by atoms with Crippen LogP contribution in [0.25, 0.3) is 0 Å². The van der Waals surface area contributed by atoms with E-state index in [1.807, 2.05) is 0 Å². The average molecular weight is 470 g/mol. The third-order valence-electron chi connectivity index (χ3n) is 6.34. The van der Waals surface area contributed by atoms with Gasteiger partial charge in [-0.05, 0) is 60.2 Å². The first-order valence-electron chi connectivity index (χ1n) is 12.3. The quantitative estimate of drug-likeness (QED) is 0.321. The van der Waals surface area contributed by atoms with Gasteiger partial charge in [0.15, 0.2) is 0 Å². The summed E-state index contributed by atoms with van der Waals surface area (Å²) in [6, 6.07) is 2.76. The van der Waals surface area contributed by atoms with Crippen molar-refractivity contribution >= 4 is 14.4 Å². The predicted octanol–water partition coefficient (Wildman–Crippen LogP) is 3.16. The van der Waals surface area contributed by atoms with Crippen LogP contribution in [0.15, 0.2) is 0 Å². The van der Waals surface area contributed by atoms with E-state index in [-0.39, 0.29) is 5.92 Å². The predicted molar refractivity (Wildman–Crippen MR) is 129 cm³/mol. The normalized spacial score (nSPS) is 20.3. The fourth-order valence-corrected chi connectivity index (χ4v) is 6.09. The van der Waals surface area contributed by atoms with Gasteiger partial charge >= 0.3 is 0 Å². The molecule has 0 aromatic rings. The summed E-state index contributed by atoms with van der Waals surface area (Å²) in [5.74, 6) is 0.528. The van der Waals surface area contributed by atoms with Crippen LogP contribution in [-0.4, -0.2) is 103 Å². The Kier molecular flexibility index (Phi) is 12.4. The van der Waals surface area contributed by atoms with Gasteiger partial charge in [-0.2, -0.15) is 5.26 Å². The van der Waals surface area contributed by atoms with Gasteiger partial charge in [-0.1, -0.05) is 6.92 Å². The molecule has 32 heavy (non-hydrogen) atoms. The Morgan fingerprint density at radius 3 is 2.12 bits per heavy atom. The zero-order chi connectivity index (χ0) is 23.5. The Balaban J connectivity index is 1.74. The fourth-order valence-electron chi connectivity index (χ4n) is 4.51. The molecule has 0 aromatic carbocycles. The Morgan fingerprint density at radius 1 is 1.00 bits per heavy atom. The van der Waals surface area contributed by atoms with Gasteiger partial charge in [0.25, 0.3) is 8.53 Å². The molecule has 2 fully saturated rings. The van der Waals surface area contributed by atoms with Crippen LogP contribution in [0.2, 0.25) is 0 Å². The number of likely N-dealkylation sites (N-methyl/N-ethyl adjacent to an activating group) is 1. The number of nitriles is 1. The molecule has 0 N–H and O–H groups in total. The van der Waals surface area contributed by atoms with Crippen molar-refractivity contribution in [2.75, 3.05) is 65.6 Å². The van der Waals surface area contributed by atoms with Crippen molar-refractivity contribution in [1.29, 1.82) is 5.26 Å². The maximum Gasteiger partial charge on any atom is 0.259 e. The molecule has 0 aliphatic carbocycles. The summed E-state index contributed by atoms with van der Waals surface area (Å²) < 4.78 is 14.4. The number of hydrogen-bond acceptors (Lipinski definition) is 7. The molecule has 0 spiro atoms. The van der Waals surface area contributed by atoms with E-state index in [9.17, 15) is 4.79 Å². The van der Waals surface area contributed by atoms with E-state index in [1.165, 1.54) is 0 Å². The monoisotopic (exact) mass is 469 g/mol.